The molecule has 9 nitrogen and oxygen atoms in total. The van der Waals surface area contributed by atoms with E-state index in [9.17, 15) is 24.1 Å². The van der Waals surface area contributed by atoms with Gasteiger partial charge in [-0.2, -0.15) is 0 Å². The summed E-state index contributed by atoms with van der Waals surface area (Å²) in [6.45, 7) is -0.527. The van der Waals surface area contributed by atoms with E-state index in [1.807, 2.05) is 0 Å². The van der Waals surface area contributed by atoms with Gasteiger partial charge in [0.25, 0.3) is 11.8 Å². The van der Waals surface area contributed by atoms with Crippen molar-refractivity contribution in [1.82, 2.24) is 4.98 Å². The van der Waals surface area contributed by atoms with Crippen LogP contribution in [-0.2, 0) is 4.79 Å². The molecular weight excluding hydrogens is 395 g/mol. The number of nitrogens with zero attached hydrogens (tertiary/aromatic N) is 2. The number of benzene rings is 2. The van der Waals surface area contributed by atoms with Gasteiger partial charge in [-0.3, -0.25) is 9.59 Å². The Kier molecular flexibility index (Phi) is 6.28. The van der Waals surface area contributed by atoms with Crippen molar-refractivity contribution in [2.24, 2.45) is 0 Å². The molecule has 3 aromatic rings. The lowest BCUT2D eigenvalue weighted by molar-refractivity contribution is -0.390. The average Bonchev–Trinajstić information content (AvgIpc) is 2.74. The van der Waals surface area contributed by atoms with Crippen LogP contribution in [0.5, 0.6) is 5.75 Å². The molecule has 152 valence electrons. The van der Waals surface area contributed by atoms with E-state index >= 15 is 0 Å². The first-order valence-corrected chi connectivity index (χ1v) is 8.62. The van der Waals surface area contributed by atoms with Gasteiger partial charge in [-0.25, -0.2) is 4.39 Å². The number of nitrogens with one attached hydrogen (secondary N) is 2. The quantitative estimate of drug-likeness (QED) is 0.455. The van der Waals surface area contributed by atoms with Gasteiger partial charge in [0.15, 0.2) is 6.61 Å². The van der Waals surface area contributed by atoms with E-state index in [4.69, 9.17) is 4.74 Å². The molecule has 0 radical (unpaired) electrons. The number of aromatic nitrogens is 1. The number of nitro groups is 1. The number of carbonyl (C=O) groups excluding carboxylic acids is 2. The van der Waals surface area contributed by atoms with E-state index in [1.165, 1.54) is 54.7 Å². The van der Waals surface area contributed by atoms with E-state index < -0.39 is 35.0 Å². The molecule has 2 N–H and O–H groups in total. The van der Waals surface area contributed by atoms with Crippen LogP contribution in [-0.4, -0.2) is 28.3 Å². The second-order valence-electron chi connectivity index (χ2n) is 5.93. The van der Waals surface area contributed by atoms with Crippen LogP contribution in [0.3, 0.4) is 0 Å². The number of pyridine rings is 1. The molecule has 0 aliphatic carbocycles. The van der Waals surface area contributed by atoms with Gasteiger partial charge in [-0.15, -0.1) is 0 Å². The minimum absolute atomic E-state index is 0.153. The number of para-hydroxylation sites is 1. The highest BCUT2D eigenvalue weighted by Crippen LogP contribution is 2.23. The molecule has 2 amide bonds. The smallest absolute Gasteiger partial charge is 0.406 e. The first kappa shape index (κ1) is 20.4. The molecule has 10 heteroatoms. The summed E-state index contributed by atoms with van der Waals surface area (Å²) in [7, 11) is 0. The predicted octanol–water partition coefficient (Wildman–Crippen LogP) is 3.40. The number of amides is 2. The van der Waals surface area contributed by atoms with Crippen LogP contribution in [0.1, 0.15) is 10.4 Å². The third-order valence-corrected chi connectivity index (χ3v) is 3.83. The zero-order chi connectivity index (χ0) is 21.5. The molecule has 0 atom stereocenters. The Morgan fingerprint density at radius 1 is 1.03 bits per heavy atom. The van der Waals surface area contributed by atoms with E-state index in [1.54, 1.807) is 12.1 Å². The lowest BCUT2D eigenvalue weighted by atomic mass is 10.1. The zero-order valence-corrected chi connectivity index (χ0v) is 15.4. The van der Waals surface area contributed by atoms with Crippen molar-refractivity contribution in [2.45, 2.75) is 0 Å². The highest BCUT2D eigenvalue weighted by Gasteiger charge is 2.18. The van der Waals surface area contributed by atoms with Crippen LogP contribution in [0.15, 0.2) is 66.9 Å². The van der Waals surface area contributed by atoms with Crippen LogP contribution < -0.4 is 15.4 Å². The van der Waals surface area contributed by atoms with Crippen LogP contribution in [0.2, 0.25) is 0 Å². The first-order chi connectivity index (χ1) is 14.4. The van der Waals surface area contributed by atoms with Gasteiger partial charge >= 0.3 is 5.82 Å². The van der Waals surface area contributed by atoms with E-state index in [-0.39, 0.29) is 17.0 Å². The fraction of sp³-hybridized carbons (Fsp3) is 0.0500. The fourth-order valence-corrected chi connectivity index (χ4v) is 2.48. The van der Waals surface area contributed by atoms with Crippen LogP contribution in [0.4, 0.5) is 21.6 Å². The molecule has 1 aromatic heterocycles. The molecule has 0 unspecified atom stereocenters. The maximum atomic E-state index is 13.0. The summed E-state index contributed by atoms with van der Waals surface area (Å²) in [5.41, 5.74) is 0.767. The molecule has 0 aliphatic heterocycles. The Morgan fingerprint density at radius 2 is 1.77 bits per heavy atom. The summed E-state index contributed by atoms with van der Waals surface area (Å²) in [5.74, 6) is -2.24. The maximum absolute atomic E-state index is 13.0. The van der Waals surface area contributed by atoms with E-state index in [0.29, 0.717) is 5.69 Å². The van der Waals surface area contributed by atoms with E-state index in [2.05, 4.69) is 15.6 Å². The van der Waals surface area contributed by atoms with Crippen LogP contribution >= 0.6 is 0 Å². The summed E-state index contributed by atoms with van der Waals surface area (Å²) in [6.07, 6.45) is 1.24. The van der Waals surface area contributed by atoms with Crippen molar-refractivity contribution in [3.63, 3.8) is 0 Å². The summed E-state index contributed by atoms with van der Waals surface area (Å²) in [5, 5.41) is 16.1. The standard InChI is InChI=1S/C20H15FN4O5/c21-13-7-9-14(10-8-13)23-20(27)15-4-1-2-5-16(15)24-18(26)12-30-17-6-3-11-22-19(17)25(28)29/h1-11H,12H2,(H,23,27)(H,24,26). The van der Waals surface area contributed by atoms with Crippen LogP contribution in [0.25, 0.3) is 0 Å². The third-order valence-electron chi connectivity index (χ3n) is 3.83. The Hall–Kier alpha value is -4.34. The number of hydrogen-bond donors (Lipinski definition) is 2. The second-order valence-corrected chi connectivity index (χ2v) is 5.93. The Labute approximate surface area is 169 Å². The highest BCUT2D eigenvalue weighted by atomic mass is 19.1. The molecule has 30 heavy (non-hydrogen) atoms. The molecular formula is C20H15FN4O5. The molecule has 0 saturated heterocycles. The van der Waals surface area contributed by atoms with Gasteiger partial charge in [0, 0.05) is 5.69 Å². The van der Waals surface area contributed by atoms with Gasteiger partial charge < -0.3 is 25.5 Å². The number of halogens is 1. The maximum Gasteiger partial charge on any atom is 0.406 e. The minimum Gasteiger partial charge on any atom is -0.476 e. The fourth-order valence-electron chi connectivity index (χ4n) is 2.48. The third kappa shape index (κ3) is 5.13. The van der Waals surface area contributed by atoms with Crippen molar-refractivity contribution < 1.29 is 23.6 Å². The molecule has 0 fully saturated rings. The summed E-state index contributed by atoms with van der Waals surface area (Å²) >= 11 is 0. The lowest BCUT2D eigenvalue weighted by Gasteiger charge is -2.12. The highest BCUT2D eigenvalue weighted by molar-refractivity contribution is 6.10. The van der Waals surface area contributed by atoms with Gasteiger partial charge in [0.1, 0.15) is 12.0 Å². The van der Waals surface area contributed by atoms with Crippen molar-refractivity contribution >= 4 is 29.0 Å². The Morgan fingerprint density at radius 3 is 2.50 bits per heavy atom. The topological polar surface area (TPSA) is 123 Å². The van der Waals surface area contributed by atoms with Gasteiger partial charge in [0.05, 0.1) is 11.3 Å². The number of carbonyl (C=O) groups is 2. The molecule has 0 spiro atoms. The average molecular weight is 410 g/mol. The number of anilines is 2. The van der Waals surface area contributed by atoms with Gasteiger partial charge in [-0.1, -0.05) is 12.1 Å². The van der Waals surface area contributed by atoms with Gasteiger partial charge in [-0.05, 0) is 58.4 Å². The Bertz CT molecular complexity index is 1090. The monoisotopic (exact) mass is 410 g/mol. The van der Waals surface area contributed by atoms with E-state index in [0.717, 1.165) is 0 Å². The molecule has 1 heterocycles. The lowest BCUT2D eigenvalue weighted by Crippen LogP contribution is -2.23. The van der Waals surface area contributed by atoms with Crippen molar-refractivity contribution in [1.29, 1.82) is 0 Å². The molecule has 0 aliphatic rings. The van der Waals surface area contributed by atoms with Crippen molar-refractivity contribution in [3.05, 3.63) is 88.4 Å². The van der Waals surface area contributed by atoms with Crippen molar-refractivity contribution in [3.8, 4) is 5.75 Å². The summed E-state index contributed by atoms with van der Waals surface area (Å²) in [6, 6.07) is 14.2. The molecule has 2 aromatic carbocycles. The second kappa shape index (κ2) is 9.24. The van der Waals surface area contributed by atoms with Crippen LogP contribution in [0, 0.1) is 15.9 Å². The normalized spacial score (nSPS) is 10.2. The molecule has 3 rings (SSSR count). The number of hydrogen-bond acceptors (Lipinski definition) is 6. The minimum atomic E-state index is -0.720. The zero-order valence-electron chi connectivity index (χ0n) is 15.4. The number of rotatable bonds is 7. The summed E-state index contributed by atoms with van der Waals surface area (Å²) in [4.78, 5) is 38.6. The first-order valence-electron chi connectivity index (χ1n) is 8.62. The summed E-state index contributed by atoms with van der Waals surface area (Å²) < 4.78 is 18.2. The molecule has 0 saturated carbocycles. The largest absolute Gasteiger partial charge is 0.476 e. The predicted molar refractivity (Wildman–Crippen MR) is 106 cm³/mol. The number of ether oxygens (including phenoxy) is 1. The van der Waals surface area contributed by atoms with Gasteiger partial charge in [0.2, 0.25) is 5.75 Å². The Balaban J connectivity index is 1.67. The van der Waals surface area contributed by atoms with Crippen molar-refractivity contribution in [2.75, 3.05) is 17.2 Å². The SMILES string of the molecule is O=C(COc1cccnc1[N+](=O)[O-])Nc1ccccc1C(=O)Nc1ccc(F)cc1. The molecule has 0 bridgehead atoms.